The normalized spacial score (nSPS) is 22.5. The summed E-state index contributed by atoms with van der Waals surface area (Å²) in [5, 5.41) is 0. The summed E-state index contributed by atoms with van der Waals surface area (Å²) < 4.78 is 0. The third-order valence-corrected chi connectivity index (χ3v) is 4.02. The van der Waals surface area contributed by atoms with Crippen LogP contribution in [0.2, 0.25) is 0 Å². The van der Waals surface area contributed by atoms with Crippen LogP contribution in [-0.2, 0) is 9.59 Å². The van der Waals surface area contributed by atoms with Crippen LogP contribution in [0, 0.1) is 0 Å². The lowest BCUT2D eigenvalue weighted by Crippen LogP contribution is -2.49. The van der Waals surface area contributed by atoms with Gasteiger partial charge in [0.1, 0.15) is 0 Å². The molecule has 1 aromatic rings. The first-order valence-electron chi connectivity index (χ1n) is 6.88. The number of rotatable bonds is 3. The zero-order valence-electron chi connectivity index (χ0n) is 10.9. The molecule has 1 aromatic carbocycles. The van der Waals surface area contributed by atoms with E-state index in [1.807, 2.05) is 23.1 Å². The van der Waals surface area contributed by atoms with Crippen molar-refractivity contribution in [1.82, 2.24) is 9.80 Å². The average molecular weight is 258 g/mol. The Hall–Kier alpha value is -1.84. The molecule has 4 heteroatoms. The highest BCUT2D eigenvalue weighted by molar-refractivity contribution is 5.86. The van der Waals surface area contributed by atoms with Crippen molar-refractivity contribution >= 4 is 11.8 Å². The zero-order chi connectivity index (χ0) is 13.2. The second-order valence-electron chi connectivity index (χ2n) is 5.22. The van der Waals surface area contributed by atoms with E-state index in [1.54, 1.807) is 4.90 Å². The molecule has 0 spiro atoms. The molecule has 0 aliphatic carbocycles. The van der Waals surface area contributed by atoms with Gasteiger partial charge in [-0.25, -0.2) is 0 Å². The van der Waals surface area contributed by atoms with Gasteiger partial charge in [-0.1, -0.05) is 30.3 Å². The Morgan fingerprint density at radius 3 is 2.58 bits per heavy atom. The molecule has 2 aliphatic heterocycles. The van der Waals surface area contributed by atoms with Gasteiger partial charge in [0.25, 0.3) is 0 Å². The third kappa shape index (κ3) is 2.35. The number of carbonyl (C=O) groups is 2. The molecule has 0 aromatic heterocycles. The molecule has 2 amide bonds. The van der Waals surface area contributed by atoms with Crippen molar-refractivity contribution in [3.8, 4) is 0 Å². The number of likely N-dealkylation sites (tertiary alicyclic amines) is 2. The third-order valence-electron chi connectivity index (χ3n) is 4.02. The van der Waals surface area contributed by atoms with Crippen LogP contribution in [0.25, 0.3) is 0 Å². The van der Waals surface area contributed by atoms with E-state index in [9.17, 15) is 9.59 Å². The number of amides is 2. The molecule has 2 heterocycles. The maximum absolute atomic E-state index is 12.2. The van der Waals surface area contributed by atoms with E-state index >= 15 is 0 Å². The minimum atomic E-state index is 0.0790. The van der Waals surface area contributed by atoms with Crippen LogP contribution in [0.1, 0.15) is 30.9 Å². The molecule has 0 radical (unpaired) electrons. The fraction of sp³-hybridized carbons (Fsp3) is 0.467. The lowest BCUT2D eigenvalue weighted by molar-refractivity contribution is -0.144. The van der Waals surface area contributed by atoms with Gasteiger partial charge in [-0.2, -0.15) is 0 Å². The Bertz CT molecular complexity index is 486. The second kappa shape index (κ2) is 5.03. The summed E-state index contributed by atoms with van der Waals surface area (Å²) >= 11 is 0. The molecule has 2 aliphatic rings. The van der Waals surface area contributed by atoms with Crippen molar-refractivity contribution in [3.63, 3.8) is 0 Å². The Morgan fingerprint density at radius 2 is 2.00 bits per heavy atom. The van der Waals surface area contributed by atoms with Crippen molar-refractivity contribution in [2.45, 2.75) is 25.3 Å². The quantitative estimate of drug-likeness (QED) is 0.826. The predicted molar refractivity (Wildman–Crippen MR) is 71.3 cm³/mol. The van der Waals surface area contributed by atoms with E-state index < -0.39 is 0 Å². The first kappa shape index (κ1) is 12.2. The first-order chi connectivity index (χ1) is 9.25. The molecule has 0 unspecified atom stereocenters. The van der Waals surface area contributed by atoms with Crippen LogP contribution in [0.4, 0.5) is 0 Å². The maximum Gasteiger partial charge on any atom is 0.242 e. The smallest absolute Gasteiger partial charge is 0.242 e. The Balaban J connectivity index is 1.63. The van der Waals surface area contributed by atoms with Crippen LogP contribution in [0.3, 0.4) is 0 Å². The summed E-state index contributed by atoms with van der Waals surface area (Å²) in [7, 11) is 0. The molecular formula is C15H18N2O2. The number of hydrogen-bond donors (Lipinski definition) is 0. The molecule has 0 N–H and O–H groups in total. The van der Waals surface area contributed by atoms with Crippen molar-refractivity contribution in [3.05, 3.63) is 35.9 Å². The predicted octanol–water partition coefficient (Wildman–Crippen LogP) is 1.58. The fourth-order valence-corrected chi connectivity index (χ4v) is 2.83. The molecule has 0 bridgehead atoms. The number of benzene rings is 1. The second-order valence-corrected chi connectivity index (χ2v) is 5.22. The van der Waals surface area contributed by atoms with Crippen LogP contribution >= 0.6 is 0 Å². The van der Waals surface area contributed by atoms with E-state index in [2.05, 4.69) is 12.1 Å². The lowest BCUT2D eigenvalue weighted by atomic mass is 9.94. The summed E-state index contributed by atoms with van der Waals surface area (Å²) in [6.07, 6.45) is 2.49. The minimum absolute atomic E-state index is 0.0790. The Kier molecular flexibility index (Phi) is 3.23. The molecule has 19 heavy (non-hydrogen) atoms. The number of carbonyl (C=O) groups excluding carboxylic acids is 2. The van der Waals surface area contributed by atoms with Crippen molar-refractivity contribution in [1.29, 1.82) is 0 Å². The number of hydrogen-bond acceptors (Lipinski definition) is 2. The van der Waals surface area contributed by atoms with Gasteiger partial charge in [-0.3, -0.25) is 9.59 Å². The van der Waals surface area contributed by atoms with Gasteiger partial charge in [0.2, 0.25) is 11.8 Å². The zero-order valence-corrected chi connectivity index (χ0v) is 10.9. The van der Waals surface area contributed by atoms with Crippen LogP contribution < -0.4 is 0 Å². The van der Waals surface area contributed by atoms with Crippen molar-refractivity contribution in [2.24, 2.45) is 0 Å². The first-order valence-corrected chi connectivity index (χ1v) is 6.88. The van der Waals surface area contributed by atoms with Gasteiger partial charge in [-0.05, 0) is 18.4 Å². The fourth-order valence-electron chi connectivity index (χ4n) is 2.83. The largest absolute Gasteiger partial charge is 0.334 e. The average Bonchev–Trinajstić information content (AvgIpc) is 2.75. The van der Waals surface area contributed by atoms with Crippen molar-refractivity contribution in [2.75, 3.05) is 19.6 Å². The molecule has 2 fully saturated rings. The molecule has 1 atom stereocenters. The molecule has 2 saturated heterocycles. The van der Waals surface area contributed by atoms with Gasteiger partial charge >= 0.3 is 0 Å². The minimum Gasteiger partial charge on any atom is -0.334 e. The Morgan fingerprint density at radius 1 is 1.21 bits per heavy atom. The van der Waals surface area contributed by atoms with Gasteiger partial charge in [-0.15, -0.1) is 0 Å². The summed E-state index contributed by atoms with van der Waals surface area (Å²) in [4.78, 5) is 27.4. The maximum atomic E-state index is 12.2. The van der Waals surface area contributed by atoms with Crippen LogP contribution in [0.15, 0.2) is 30.3 Å². The molecule has 100 valence electrons. The summed E-state index contributed by atoms with van der Waals surface area (Å²) in [6, 6.07) is 10.3. The van der Waals surface area contributed by atoms with Gasteiger partial charge in [0, 0.05) is 19.5 Å². The molecule has 4 nitrogen and oxygen atoms in total. The van der Waals surface area contributed by atoms with E-state index in [1.165, 1.54) is 5.56 Å². The Labute approximate surface area is 113 Å². The van der Waals surface area contributed by atoms with Gasteiger partial charge in [0.15, 0.2) is 0 Å². The van der Waals surface area contributed by atoms with Crippen LogP contribution in [0.5, 0.6) is 0 Å². The van der Waals surface area contributed by atoms with E-state index in [4.69, 9.17) is 0 Å². The lowest BCUT2D eigenvalue weighted by Gasteiger charge is -2.42. The SMILES string of the molecule is O=C1CCCN1CC(=O)N1CC[C@@H]1c1ccccc1. The summed E-state index contributed by atoms with van der Waals surface area (Å²) in [5.41, 5.74) is 1.19. The monoisotopic (exact) mass is 258 g/mol. The van der Waals surface area contributed by atoms with Crippen molar-refractivity contribution < 1.29 is 9.59 Å². The molecular weight excluding hydrogens is 240 g/mol. The summed E-state index contributed by atoms with van der Waals surface area (Å²) in [6.45, 7) is 1.79. The highest BCUT2D eigenvalue weighted by atomic mass is 16.2. The van der Waals surface area contributed by atoms with Gasteiger partial charge in [0.05, 0.1) is 12.6 Å². The highest BCUT2D eigenvalue weighted by Gasteiger charge is 2.34. The standard InChI is InChI=1S/C15H18N2O2/c18-14-7-4-9-16(14)11-15(19)17-10-8-13(17)12-5-2-1-3-6-12/h1-3,5-6,13H,4,7-11H2/t13-/m1/s1. The van der Waals surface area contributed by atoms with E-state index in [0.29, 0.717) is 6.42 Å². The topological polar surface area (TPSA) is 40.6 Å². The van der Waals surface area contributed by atoms with Crippen LogP contribution in [-0.4, -0.2) is 41.2 Å². The summed E-state index contributed by atoms with van der Waals surface area (Å²) in [5.74, 6) is 0.195. The highest BCUT2D eigenvalue weighted by Crippen LogP contribution is 2.33. The van der Waals surface area contributed by atoms with Gasteiger partial charge < -0.3 is 9.80 Å². The molecule has 0 saturated carbocycles. The van der Waals surface area contributed by atoms with E-state index in [0.717, 1.165) is 25.9 Å². The number of nitrogens with zero attached hydrogens (tertiary/aromatic N) is 2. The van der Waals surface area contributed by atoms with E-state index in [-0.39, 0.29) is 24.4 Å². The molecule has 3 rings (SSSR count).